The molecule has 9 heteroatoms. The lowest BCUT2D eigenvalue weighted by molar-refractivity contribution is -0.843. The molecule has 0 radical (unpaired) electrons. The van der Waals surface area contributed by atoms with Crippen molar-refractivity contribution in [3.8, 4) is 0 Å². The summed E-state index contributed by atoms with van der Waals surface area (Å²) in [5.74, 6) is 0. The van der Waals surface area contributed by atoms with E-state index in [1.807, 2.05) is 54.7 Å². The highest BCUT2D eigenvalue weighted by atomic mass is 35.5. The number of para-hydroxylation sites is 1. The van der Waals surface area contributed by atoms with Crippen molar-refractivity contribution in [1.29, 1.82) is 0 Å². The molecule has 3 rings (SSSR count). The molecule has 0 bridgehead atoms. The second kappa shape index (κ2) is 9.58. The van der Waals surface area contributed by atoms with E-state index in [1.54, 1.807) is 0 Å². The second-order valence-corrected chi connectivity index (χ2v) is 9.87. The van der Waals surface area contributed by atoms with Crippen LogP contribution in [-0.4, -0.2) is 37.5 Å². The molecule has 0 fully saturated rings. The Bertz CT molecular complexity index is 1020. The van der Waals surface area contributed by atoms with Gasteiger partial charge < -0.3 is 14.8 Å². The lowest BCUT2D eigenvalue weighted by atomic mass is 10.2. The van der Waals surface area contributed by atoms with E-state index in [0.717, 1.165) is 28.5 Å². The van der Waals surface area contributed by atoms with Gasteiger partial charge >= 0.3 is 0 Å². The minimum absolute atomic E-state index is 0.0997. The Morgan fingerprint density at radius 3 is 2.53 bits per heavy atom. The lowest BCUT2D eigenvalue weighted by Crippen LogP contribution is -3.10. The number of halogens is 2. The van der Waals surface area contributed by atoms with Gasteiger partial charge in [0.05, 0.1) is 26.7 Å². The third-order valence-corrected chi connectivity index (χ3v) is 7.28. The molecule has 3 unspecified atom stereocenters. The highest BCUT2D eigenvalue weighted by molar-refractivity contribution is 7.86. The van der Waals surface area contributed by atoms with Crippen molar-refractivity contribution in [2.45, 2.75) is 31.7 Å². The molecule has 0 aromatic heterocycles. The average molecular weight is 470 g/mol. The smallest absolute Gasteiger partial charge is 0.189 e. The van der Waals surface area contributed by atoms with Crippen LogP contribution < -0.4 is 15.1 Å². The third kappa shape index (κ3) is 5.10. The second-order valence-electron chi connectivity index (χ2n) is 7.26. The monoisotopic (exact) mass is 469 g/mol. The van der Waals surface area contributed by atoms with Gasteiger partial charge in [-0.1, -0.05) is 41.4 Å². The van der Waals surface area contributed by atoms with Crippen LogP contribution in [0.5, 0.6) is 0 Å². The molecule has 3 atom stereocenters. The Balaban J connectivity index is 1.90. The fourth-order valence-electron chi connectivity index (χ4n) is 3.64. The molecule has 0 aliphatic carbocycles. The summed E-state index contributed by atoms with van der Waals surface area (Å²) in [6.07, 6.45) is 4.03. The Morgan fingerprint density at radius 2 is 1.90 bits per heavy atom. The van der Waals surface area contributed by atoms with Gasteiger partial charge in [-0.05, 0) is 38.5 Å². The van der Waals surface area contributed by atoms with Gasteiger partial charge in [0.2, 0.25) is 0 Å². The lowest BCUT2D eigenvalue weighted by Gasteiger charge is -2.27. The minimum atomic E-state index is -4.34. The standard InChI is InChI=1S/C21H25Cl2N3O3S/c1-3-25-19-13-17(22)18(23)14-20(19)26(12-10-15(2)30(27,28)29)21(25)9-11-24-16-7-5-4-6-8-16/h4-9,11,13-15,21,24H,3,10,12H2,1-2H3,(H,27,28,29)/b11-9+. The molecule has 1 heterocycles. The summed E-state index contributed by atoms with van der Waals surface area (Å²) in [6.45, 7) is 4.70. The number of likely N-dealkylation sites (N-methyl/N-ethyl adjacent to an activating group) is 1. The predicted octanol–water partition coefficient (Wildman–Crippen LogP) is 3.63. The van der Waals surface area contributed by atoms with Crippen LogP contribution in [0, 0.1) is 0 Å². The van der Waals surface area contributed by atoms with Crippen LogP contribution in [0.2, 0.25) is 10.0 Å². The summed E-state index contributed by atoms with van der Waals surface area (Å²) in [4.78, 5) is 3.24. The number of rotatable bonds is 8. The van der Waals surface area contributed by atoms with Gasteiger partial charge in [0.15, 0.2) is 11.9 Å². The number of hydrogen-bond donors (Lipinski definition) is 2. The van der Waals surface area contributed by atoms with Gasteiger partial charge in [0.1, 0.15) is 5.69 Å². The van der Waals surface area contributed by atoms with Crippen molar-refractivity contribution in [1.82, 2.24) is 0 Å². The van der Waals surface area contributed by atoms with Crippen LogP contribution in [0.15, 0.2) is 54.7 Å². The molecule has 2 aromatic rings. The molecule has 2 aromatic carbocycles. The first-order valence-corrected chi connectivity index (χ1v) is 12.0. The van der Waals surface area contributed by atoms with Crippen molar-refractivity contribution in [2.24, 2.45) is 0 Å². The molecule has 0 spiro atoms. The van der Waals surface area contributed by atoms with Crippen LogP contribution >= 0.6 is 23.2 Å². The fourth-order valence-corrected chi connectivity index (χ4v) is 4.36. The zero-order chi connectivity index (χ0) is 21.9. The van der Waals surface area contributed by atoms with Crippen LogP contribution in [0.3, 0.4) is 0 Å². The van der Waals surface area contributed by atoms with E-state index in [0.29, 0.717) is 16.6 Å². The van der Waals surface area contributed by atoms with Gasteiger partial charge in [0.25, 0.3) is 0 Å². The molecule has 162 valence electrons. The van der Waals surface area contributed by atoms with E-state index in [9.17, 15) is 13.0 Å². The maximum Gasteiger partial charge on any atom is 0.189 e. The van der Waals surface area contributed by atoms with Gasteiger partial charge in [-0.15, -0.1) is 0 Å². The predicted molar refractivity (Wildman–Crippen MR) is 122 cm³/mol. The molecule has 1 aliphatic rings. The number of nitrogens with one attached hydrogen (secondary N) is 2. The number of benzene rings is 2. The summed E-state index contributed by atoms with van der Waals surface area (Å²) in [7, 11) is -4.34. The molecular formula is C21H25Cl2N3O3S. The summed E-state index contributed by atoms with van der Waals surface area (Å²) >= 11 is 12.5. The SMILES string of the molecule is CC[NH+]1c2cc(Cl)c(Cl)cc2N(CCC(C)S(=O)(=O)[O-])C1/C=C/Nc1ccccc1. The van der Waals surface area contributed by atoms with E-state index >= 15 is 0 Å². The average Bonchev–Trinajstić information content (AvgIpc) is 2.98. The van der Waals surface area contributed by atoms with Crippen molar-refractivity contribution in [3.05, 3.63) is 64.8 Å². The van der Waals surface area contributed by atoms with E-state index in [2.05, 4.69) is 17.1 Å². The molecule has 0 amide bonds. The normalized spacial score (nSPS) is 19.8. The Hall–Kier alpha value is -1.77. The minimum Gasteiger partial charge on any atom is -0.748 e. The fraction of sp³-hybridized carbons (Fsp3) is 0.333. The molecule has 0 saturated heterocycles. The molecule has 2 N–H and O–H groups in total. The van der Waals surface area contributed by atoms with Crippen molar-refractivity contribution < 1.29 is 17.9 Å². The zero-order valence-electron chi connectivity index (χ0n) is 16.8. The highest BCUT2D eigenvalue weighted by Crippen LogP contribution is 2.37. The van der Waals surface area contributed by atoms with Gasteiger partial charge in [-0.3, -0.25) is 4.90 Å². The molecule has 30 heavy (non-hydrogen) atoms. The van der Waals surface area contributed by atoms with E-state index in [-0.39, 0.29) is 12.6 Å². The molecule has 6 nitrogen and oxygen atoms in total. The van der Waals surface area contributed by atoms with Crippen LogP contribution in [0.25, 0.3) is 0 Å². The van der Waals surface area contributed by atoms with Crippen molar-refractivity contribution in [2.75, 3.05) is 23.3 Å². The number of nitrogens with zero attached hydrogens (tertiary/aromatic N) is 1. The number of anilines is 2. The summed E-state index contributed by atoms with van der Waals surface area (Å²) in [6, 6.07) is 13.5. The molecule has 0 saturated carbocycles. The van der Waals surface area contributed by atoms with Crippen LogP contribution in [0.1, 0.15) is 20.3 Å². The number of hydrogen-bond acceptors (Lipinski definition) is 5. The largest absolute Gasteiger partial charge is 0.748 e. The van der Waals surface area contributed by atoms with Crippen LogP contribution in [0.4, 0.5) is 17.1 Å². The Labute approximate surface area is 187 Å². The van der Waals surface area contributed by atoms with Crippen molar-refractivity contribution in [3.63, 3.8) is 0 Å². The first-order valence-electron chi connectivity index (χ1n) is 9.77. The maximum absolute atomic E-state index is 11.4. The number of fused-ring (bicyclic) bond motifs is 1. The maximum atomic E-state index is 11.4. The third-order valence-electron chi connectivity index (χ3n) is 5.34. The highest BCUT2D eigenvalue weighted by Gasteiger charge is 2.39. The first-order chi connectivity index (χ1) is 14.2. The first kappa shape index (κ1) is 22.9. The van der Waals surface area contributed by atoms with Gasteiger partial charge in [-0.25, -0.2) is 8.42 Å². The van der Waals surface area contributed by atoms with E-state index in [1.165, 1.54) is 6.92 Å². The van der Waals surface area contributed by atoms with Crippen molar-refractivity contribution >= 4 is 50.4 Å². The van der Waals surface area contributed by atoms with Gasteiger partial charge in [0, 0.05) is 35.8 Å². The topological polar surface area (TPSA) is 76.9 Å². The Kier molecular flexibility index (Phi) is 7.31. The van der Waals surface area contributed by atoms with Crippen LogP contribution in [-0.2, 0) is 10.1 Å². The summed E-state index contributed by atoms with van der Waals surface area (Å²) < 4.78 is 34.1. The zero-order valence-corrected chi connectivity index (χ0v) is 19.1. The summed E-state index contributed by atoms with van der Waals surface area (Å²) in [5, 5.41) is 3.20. The van der Waals surface area contributed by atoms with E-state index < -0.39 is 15.4 Å². The number of quaternary nitrogens is 1. The molecule has 1 aliphatic heterocycles. The van der Waals surface area contributed by atoms with Gasteiger partial charge in [-0.2, -0.15) is 0 Å². The molecular weight excluding hydrogens is 445 g/mol. The quantitative estimate of drug-likeness (QED) is 0.577. The summed E-state index contributed by atoms with van der Waals surface area (Å²) in [5.41, 5.74) is 2.86. The Morgan fingerprint density at radius 1 is 1.23 bits per heavy atom. The van der Waals surface area contributed by atoms with E-state index in [4.69, 9.17) is 23.2 Å².